The Kier molecular flexibility index (Phi) is 35.8. The molecule has 0 amide bonds. The Balaban J connectivity index is 0. The van der Waals surface area contributed by atoms with Gasteiger partial charge in [-0.1, -0.05) is 150 Å². The molecule has 0 nitrogen and oxygen atoms in total. The fourth-order valence-electron chi connectivity index (χ4n) is 6.11. The molecule has 0 saturated heterocycles. The third-order valence-electron chi connectivity index (χ3n) is 8.69. The molecule has 0 heterocycles. The molecule has 0 N–H and O–H groups in total. The normalized spacial score (nSPS) is 11.7. The van der Waals surface area contributed by atoms with Crippen LogP contribution in [0.3, 0.4) is 0 Å². The van der Waals surface area contributed by atoms with Crippen LogP contribution in [0.2, 0.25) is 0 Å². The third kappa shape index (κ3) is 28.2. The zero-order chi connectivity index (χ0) is 26.4. The SMILES string of the molecule is CCCCCCCCCCC[P+](CCCCCCCC)(CCCCCCCC)CCCCCCCC.[Br-]. The molecule has 0 rings (SSSR count). The molecule has 0 aromatic carbocycles. The maximum absolute atomic E-state index is 2.35. The van der Waals surface area contributed by atoms with Crippen LogP contribution in [-0.4, -0.2) is 24.6 Å². The molecule has 0 aromatic rings. The molecule has 0 radical (unpaired) electrons. The summed E-state index contributed by atoms with van der Waals surface area (Å²) in [6, 6.07) is 0. The molecule has 0 bridgehead atoms. The number of unbranched alkanes of at least 4 members (excludes halogenated alkanes) is 23. The van der Waals surface area contributed by atoms with Gasteiger partial charge in [-0.05, 0) is 51.4 Å². The van der Waals surface area contributed by atoms with Gasteiger partial charge in [0.1, 0.15) is 0 Å². The van der Waals surface area contributed by atoms with Crippen molar-refractivity contribution in [1.82, 2.24) is 0 Å². The van der Waals surface area contributed by atoms with Gasteiger partial charge >= 0.3 is 0 Å². The molecule has 0 atom stereocenters. The summed E-state index contributed by atoms with van der Waals surface area (Å²) in [4.78, 5) is 0. The number of hydrogen-bond donors (Lipinski definition) is 0. The predicted octanol–water partition coefficient (Wildman–Crippen LogP) is 10.6. The van der Waals surface area contributed by atoms with E-state index in [-0.39, 0.29) is 17.0 Å². The molecule has 0 aliphatic carbocycles. The van der Waals surface area contributed by atoms with Gasteiger partial charge in [-0.15, -0.1) is 0 Å². The molecule has 0 aromatic heterocycles. The molecular weight excluding hydrogens is 531 g/mol. The van der Waals surface area contributed by atoms with E-state index in [0.29, 0.717) is 0 Å². The lowest BCUT2D eigenvalue weighted by molar-refractivity contribution is -0.00000821. The first kappa shape index (κ1) is 40.1. The molecule has 226 valence electrons. The fraction of sp³-hybridized carbons (Fsp3) is 1.00. The van der Waals surface area contributed by atoms with Gasteiger partial charge in [-0.3, -0.25) is 0 Å². The minimum Gasteiger partial charge on any atom is -1.00 e. The summed E-state index contributed by atoms with van der Waals surface area (Å²) < 4.78 is 0. The summed E-state index contributed by atoms with van der Waals surface area (Å²) in [6.45, 7) is 9.38. The van der Waals surface area contributed by atoms with E-state index in [9.17, 15) is 0 Å². The first-order valence-electron chi connectivity index (χ1n) is 17.6. The van der Waals surface area contributed by atoms with E-state index >= 15 is 0 Å². The van der Waals surface area contributed by atoms with Crippen LogP contribution in [-0.2, 0) is 0 Å². The summed E-state index contributed by atoms with van der Waals surface area (Å²) in [5, 5.41) is 0. The quantitative estimate of drug-likeness (QED) is 0.0545. The van der Waals surface area contributed by atoms with E-state index in [1.165, 1.54) is 148 Å². The molecule has 0 fully saturated rings. The summed E-state index contributed by atoms with van der Waals surface area (Å²) in [5.41, 5.74) is 0. The van der Waals surface area contributed by atoms with Gasteiger partial charge < -0.3 is 17.0 Å². The van der Waals surface area contributed by atoms with Gasteiger partial charge in [0.2, 0.25) is 0 Å². The fourth-order valence-corrected chi connectivity index (χ4v) is 11.0. The van der Waals surface area contributed by atoms with E-state index in [1.54, 1.807) is 50.3 Å². The van der Waals surface area contributed by atoms with Gasteiger partial charge in [0.15, 0.2) is 0 Å². The second kappa shape index (κ2) is 33.1. The highest BCUT2D eigenvalue weighted by Crippen LogP contribution is 2.61. The van der Waals surface area contributed by atoms with Crippen LogP contribution in [0, 0.1) is 0 Å². The molecule has 37 heavy (non-hydrogen) atoms. The first-order chi connectivity index (χ1) is 17.7. The van der Waals surface area contributed by atoms with Crippen molar-refractivity contribution in [3.63, 3.8) is 0 Å². The van der Waals surface area contributed by atoms with E-state index in [2.05, 4.69) is 27.7 Å². The Morgan fingerprint density at radius 3 is 0.595 bits per heavy atom. The number of hydrogen-bond acceptors (Lipinski definition) is 0. The Hall–Kier alpha value is 0.910. The molecule has 0 saturated carbocycles. The standard InChI is InChI=1S/C35H74P.BrH/c1-5-9-13-17-21-22-23-27-31-35-36(32-28-24-18-14-10-6-2,33-29-25-19-15-11-7-3)34-30-26-20-16-12-8-4;/h5-35H2,1-4H3;1H/q+1;/p-1. The van der Waals surface area contributed by atoms with E-state index < -0.39 is 7.26 Å². The minimum absolute atomic E-state index is 0. The van der Waals surface area contributed by atoms with E-state index in [1.807, 2.05) is 0 Å². The van der Waals surface area contributed by atoms with Crippen molar-refractivity contribution in [1.29, 1.82) is 0 Å². The summed E-state index contributed by atoms with van der Waals surface area (Å²) in [7, 11) is -0.733. The smallest absolute Gasteiger partial charge is 0.0594 e. The van der Waals surface area contributed by atoms with Crippen molar-refractivity contribution in [3.8, 4) is 0 Å². The molecule has 0 unspecified atom stereocenters. The van der Waals surface area contributed by atoms with Gasteiger partial charge in [0.25, 0.3) is 0 Å². The van der Waals surface area contributed by atoms with Crippen molar-refractivity contribution in [2.75, 3.05) is 24.6 Å². The van der Waals surface area contributed by atoms with Gasteiger partial charge in [-0.2, -0.15) is 0 Å². The lowest BCUT2D eigenvalue weighted by Gasteiger charge is -2.28. The van der Waals surface area contributed by atoms with Crippen molar-refractivity contribution in [3.05, 3.63) is 0 Å². The second-order valence-electron chi connectivity index (χ2n) is 12.4. The third-order valence-corrected chi connectivity index (χ3v) is 13.8. The van der Waals surface area contributed by atoms with Gasteiger partial charge in [0.05, 0.1) is 24.6 Å². The maximum atomic E-state index is 2.35. The zero-order valence-corrected chi connectivity index (χ0v) is 29.2. The van der Waals surface area contributed by atoms with Crippen LogP contribution in [0.25, 0.3) is 0 Å². The summed E-state index contributed by atoms with van der Waals surface area (Å²) in [6.07, 6.45) is 46.7. The Bertz CT molecular complexity index is 356. The number of halogens is 1. The van der Waals surface area contributed by atoms with Crippen molar-refractivity contribution in [2.24, 2.45) is 0 Å². The lowest BCUT2D eigenvalue weighted by atomic mass is 10.1. The number of rotatable bonds is 31. The van der Waals surface area contributed by atoms with E-state index in [0.717, 1.165) is 0 Å². The molecule has 0 aliphatic rings. The molecule has 0 aliphatic heterocycles. The van der Waals surface area contributed by atoms with E-state index in [4.69, 9.17) is 0 Å². The van der Waals surface area contributed by atoms with Crippen LogP contribution in [0.4, 0.5) is 0 Å². The maximum Gasteiger partial charge on any atom is 0.0594 e. The Morgan fingerprint density at radius 2 is 0.405 bits per heavy atom. The Morgan fingerprint density at radius 1 is 0.243 bits per heavy atom. The highest BCUT2D eigenvalue weighted by molar-refractivity contribution is 7.75. The van der Waals surface area contributed by atoms with Crippen LogP contribution in [0.5, 0.6) is 0 Å². The van der Waals surface area contributed by atoms with Gasteiger partial charge in [-0.25, -0.2) is 0 Å². The van der Waals surface area contributed by atoms with Gasteiger partial charge in [0, 0.05) is 7.26 Å². The van der Waals surface area contributed by atoms with Crippen LogP contribution in [0.1, 0.15) is 201 Å². The summed E-state index contributed by atoms with van der Waals surface area (Å²) in [5.74, 6) is 0. The van der Waals surface area contributed by atoms with Crippen molar-refractivity contribution >= 4 is 7.26 Å². The van der Waals surface area contributed by atoms with Crippen LogP contribution in [0.15, 0.2) is 0 Å². The average molecular weight is 606 g/mol. The first-order valence-corrected chi connectivity index (χ1v) is 20.1. The zero-order valence-electron chi connectivity index (χ0n) is 26.7. The molecule has 0 spiro atoms. The average Bonchev–Trinajstić information content (AvgIpc) is 2.89. The Labute approximate surface area is 249 Å². The second-order valence-corrected chi connectivity index (χ2v) is 16.8. The lowest BCUT2D eigenvalue weighted by Crippen LogP contribution is -3.00. The van der Waals surface area contributed by atoms with Crippen LogP contribution >= 0.6 is 7.26 Å². The van der Waals surface area contributed by atoms with Crippen LogP contribution < -0.4 is 17.0 Å². The molecule has 2 heteroatoms. The largest absolute Gasteiger partial charge is 1.00 e. The molecular formula is C35H74BrP. The highest BCUT2D eigenvalue weighted by atomic mass is 79.9. The monoisotopic (exact) mass is 604 g/mol. The minimum atomic E-state index is -0.733. The highest BCUT2D eigenvalue weighted by Gasteiger charge is 2.34. The summed E-state index contributed by atoms with van der Waals surface area (Å²) >= 11 is 0. The van der Waals surface area contributed by atoms with Crippen molar-refractivity contribution < 1.29 is 17.0 Å². The van der Waals surface area contributed by atoms with Crippen molar-refractivity contribution in [2.45, 2.75) is 201 Å². The predicted molar refractivity (Wildman–Crippen MR) is 174 cm³/mol. The topological polar surface area (TPSA) is 0 Å².